The van der Waals surface area contributed by atoms with Crippen molar-refractivity contribution >= 4 is 22.4 Å². The maximum atomic E-state index is 11.8. The van der Waals surface area contributed by atoms with Crippen molar-refractivity contribution < 1.29 is 9.53 Å². The van der Waals surface area contributed by atoms with Crippen LogP contribution in [0.1, 0.15) is 23.1 Å². The predicted molar refractivity (Wildman–Crippen MR) is 118 cm³/mol. The maximum absolute atomic E-state index is 11.8. The molecule has 0 radical (unpaired) electrons. The number of rotatable bonds is 7. The molecule has 3 rings (SSSR count). The average molecular weight is 390 g/mol. The summed E-state index contributed by atoms with van der Waals surface area (Å²) < 4.78 is 4.88. The van der Waals surface area contributed by atoms with Gasteiger partial charge in [0, 0.05) is 5.57 Å². The van der Waals surface area contributed by atoms with Crippen molar-refractivity contribution in [1.82, 2.24) is 0 Å². The van der Waals surface area contributed by atoms with E-state index in [2.05, 4.69) is 85.1 Å². The van der Waals surface area contributed by atoms with Crippen LogP contribution in [0.2, 0.25) is 0 Å². The third-order valence-electron chi connectivity index (χ3n) is 4.48. The zero-order valence-electron chi connectivity index (χ0n) is 16.3. The van der Waals surface area contributed by atoms with Gasteiger partial charge >= 0.3 is 5.97 Å². The summed E-state index contributed by atoms with van der Waals surface area (Å²) >= 11 is 0. The van der Waals surface area contributed by atoms with Gasteiger partial charge in [0.05, 0.1) is 24.4 Å². The minimum atomic E-state index is -0.214. The first kappa shape index (κ1) is 20.0. The van der Waals surface area contributed by atoms with Gasteiger partial charge in [0.15, 0.2) is 4.90 Å². The second-order valence-electron chi connectivity index (χ2n) is 6.54. The molecule has 1 unspecified atom stereocenters. The highest BCUT2D eigenvalue weighted by Crippen LogP contribution is 2.28. The topological polar surface area (TPSA) is 26.3 Å². The van der Waals surface area contributed by atoms with E-state index in [4.69, 9.17) is 4.74 Å². The summed E-state index contributed by atoms with van der Waals surface area (Å²) in [5.74, 6) is 0.568. The molecule has 142 valence electrons. The molecule has 1 atom stereocenters. The Labute approximate surface area is 170 Å². The fraction of sp³-hybridized carbons (Fsp3) is 0.160. The first-order valence-corrected chi connectivity index (χ1v) is 10.8. The van der Waals surface area contributed by atoms with E-state index in [9.17, 15) is 4.79 Å². The predicted octanol–water partition coefficient (Wildman–Crippen LogP) is 5.62. The highest BCUT2D eigenvalue weighted by Gasteiger charge is 2.24. The number of benzene rings is 3. The highest BCUT2D eigenvalue weighted by atomic mass is 32.2. The molecule has 0 saturated carbocycles. The van der Waals surface area contributed by atoms with E-state index in [0.29, 0.717) is 6.42 Å². The highest BCUT2D eigenvalue weighted by molar-refractivity contribution is 7.99. The quantitative estimate of drug-likeness (QED) is 0.387. The van der Waals surface area contributed by atoms with E-state index in [1.54, 1.807) is 0 Å². The zero-order valence-corrected chi connectivity index (χ0v) is 17.1. The monoisotopic (exact) mass is 389 g/mol. The van der Waals surface area contributed by atoms with Crippen molar-refractivity contribution in [3.05, 3.63) is 107 Å². The Morgan fingerprint density at radius 1 is 0.893 bits per heavy atom. The lowest BCUT2D eigenvalue weighted by molar-refractivity contribution is -0.140. The van der Waals surface area contributed by atoms with Gasteiger partial charge in [-0.1, -0.05) is 72.8 Å². The number of hydrogen-bond donors (Lipinski definition) is 0. The number of carbonyl (C=O) groups is 1. The Kier molecular flexibility index (Phi) is 7.10. The molecule has 0 fully saturated rings. The minimum Gasteiger partial charge on any atom is -0.469 e. The fourth-order valence-corrected chi connectivity index (χ4v) is 5.02. The molecule has 0 saturated heterocycles. The summed E-state index contributed by atoms with van der Waals surface area (Å²) in [6.07, 6.45) is 0.404. The fourth-order valence-electron chi connectivity index (χ4n) is 3.00. The van der Waals surface area contributed by atoms with Gasteiger partial charge in [-0.15, -0.1) is 0 Å². The molecule has 0 aliphatic heterocycles. The molecule has 0 aromatic heterocycles. The molecule has 0 spiro atoms. The van der Waals surface area contributed by atoms with Gasteiger partial charge in [0.1, 0.15) is 11.2 Å². The molecule has 3 aromatic carbocycles. The van der Waals surface area contributed by atoms with Crippen molar-refractivity contribution in [2.24, 2.45) is 0 Å². The van der Waals surface area contributed by atoms with E-state index in [0.717, 1.165) is 5.75 Å². The van der Waals surface area contributed by atoms with Crippen molar-refractivity contribution in [1.29, 1.82) is 0 Å². The van der Waals surface area contributed by atoms with Crippen LogP contribution in [0.4, 0.5) is 0 Å². The number of ether oxygens (including phenoxy) is 1. The van der Waals surface area contributed by atoms with Crippen molar-refractivity contribution in [3.8, 4) is 0 Å². The molecule has 2 nitrogen and oxygen atoms in total. The van der Waals surface area contributed by atoms with Gasteiger partial charge < -0.3 is 4.74 Å². The van der Waals surface area contributed by atoms with E-state index < -0.39 is 0 Å². The van der Waals surface area contributed by atoms with Crippen LogP contribution in [0.5, 0.6) is 0 Å². The molecule has 3 aromatic rings. The normalized spacial score (nSPS) is 11.5. The molecule has 3 heteroatoms. The Bertz CT molecular complexity index is 892. The molecule has 0 heterocycles. The van der Waals surface area contributed by atoms with Gasteiger partial charge in [-0.2, -0.15) is 0 Å². The lowest BCUT2D eigenvalue weighted by Crippen LogP contribution is -2.12. The van der Waals surface area contributed by atoms with Crippen molar-refractivity contribution in [3.63, 3.8) is 0 Å². The van der Waals surface area contributed by atoms with Gasteiger partial charge in [0.2, 0.25) is 0 Å². The van der Waals surface area contributed by atoms with Crippen LogP contribution in [-0.2, 0) is 20.4 Å². The number of methoxy groups -OCH3 is 1. The lowest BCUT2D eigenvalue weighted by atomic mass is 10.00. The van der Waals surface area contributed by atoms with E-state index in [1.165, 1.54) is 34.3 Å². The van der Waals surface area contributed by atoms with E-state index in [1.807, 2.05) is 12.1 Å². The number of aryl methyl sites for hydroxylation is 1. The van der Waals surface area contributed by atoms with Crippen molar-refractivity contribution in [2.75, 3.05) is 12.9 Å². The Hall–Kier alpha value is -2.78. The molecule has 0 aliphatic carbocycles. The van der Waals surface area contributed by atoms with Crippen molar-refractivity contribution in [2.45, 2.75) is 18.2 Å². The Morgan fingerprint density at radius 2 is 1.50 bits per heavy atom. The summed E-state index contributed by atoms with van der Waals surface area (Å²) in [4.78, 5) is 13.0. The molecular formula is C25H25O2S+. The zero-order chi connectivity index (χ0) is 19.8. The molecule has 28 heavy (non-hydrogen) atoms. The second kappa shape index (κ2) is 9.95. The standard InChI is InChI=1S/C25H25O2S/c1-20-10-9-15-23(18-20)28(17-16-25(26)27-2)19-24(21-11-5-3-6-12-21)22-13-7-4-8-14-22/h3-15,18-19H,16-17H2,1-2H3/q+1. The third-order valence-corrected chi connectivity index (χ3v) is 6.50. The number of carbonyl (C=O) groups excluding carboxylic acids is 1. The van der Waals surface area contributed by atoms with E-state index >= 15 is 0 Å². The van der Waals surface area contributed by atoms with Crippen LogP contribution in [-0.4, -0.2) is 18.8 Å². The van der Waals surface area contributed by atoms with Crippen LogP contribution in [0.25, 0.3) is 5.57 Å². The SMILES string of the molecule is COC(=O)CC[S+](C=C(c1ccccc1)c1ccccc1)c1cccc(C)c1. The number of esters is 1. The smallest absolute Gasteiger partial charge is 0.310 e. The van der Waals surface area contributed by atoms with Gasteiger partial charge in [-0.25, -0.2) is 0 Å². The Morgan fingerprint density at radius 3 is 2.04 bits per heavy atom. The summed E-state index contributed by atoms with van der Waals surface area (Å²) in [7, 11) is 1.23. The maximum Gasteiger partial charge on any atom is 0.310 e. The molecular weight excluding hydrogens is 364 g/mol. The summed E-state index contributed by atoms with van der Waals surface area (Å²) in [5, 5.41) is 2.32. The third kappa shape index (κ3) is 5.37. The summed E-state index contributed by atoms with van der Waals surface area (Å²) in [6, 6.07) is 29.4. The average Bonchev–Trinajstić information content (AvgIpc) is 2.75. The largest absolute Gasteiger partial charge is 0.469 e. The molecule has 0 N–H and O–H groups in total. The van der Waals surface area contributed by atoms with Crippen LogP contribution in [0.15, 0.2) is 95.2 Å². The first-order chi connectivity index (χ1) is 13.7. The first-order valence-electron chi connectivity index (χ1n) is 9.33. The molecule has 0 aliphatic rings. The van der Waals surface area contributed by atoms with Gasteiger partial charge in [0.25, 0.3) is 0 Å². The van der Waals surface area contributed by atoms with Crippen LogP contribution >= 0.6 is 0 Å². The second-order valence-corrected chi connectivity index (χ2v) is 8.51. The number of hydrogen-bond acceptors (Lipinski definition) is 2. The van der Waals surface area contributed by atoms with Crippen LogP contribution < -0.4 is 0 Å². The van der Waals surface area contributed by atoms with E-state index in [-0.39, 0.29) is 16.9 Å². The van der Waals surface area contributed by atoms with Crippen LogP contribution in [0.3, 0.4) is 0 Å². The Balaban J connectivity index is 2.06. The minimum absolute atomic E-state index is 0.167. The molecule has 0 bridgehead atoms. The van der Waals surface area contributed by atoms with Gasteiger partial charge in [-0.05, 0) is 35.7 Å². The summed E-state index contributed by atoms with van der Waals surface area (Å²) in [6.45, 7) is 2.10. The molecule has 0 amide bonds. The van der Waals surface area contributed by atoms with Gasteiger partial charge in [-0.3, -0.25) is 4.79 Å². The van der Waals surface area contributed by atoms with Crippen LogP contribution in [0, 0.1) is 6.92 Å². The lowest BCUT2D eigenvalue weighted by Gasteiger charge is -2.10. The summed E-state index contributed by atoms with van der Waals surface area (Å²) in [5.41, 5.74) is 4.77.